The number of hydrogen-bond acceptors (Lipinski definition) is 2. The second-order valence-corrected chi connectivity index (χ2v) is 7.41. The fourth-order valence-electron chi connectivity index (χ4n) is 3.23. The van der Waals surface area contributed by atoms with E-state index in [2.05, 4.69) is 37.9 Å². The lowest BCUT2D eigenvalue weighted by atomic mass is 9.96. The van der Waals surface area contributed by atoms with E-state index in [0.29, 0.717) is 12.6 Å². The number of carbonyl (C=O) groups excluding carboxylic acids is 1. The van der Waals surface area contributed by atoms with Crippen molar-refractivity contribution in [3.05, 3.63) is 0 Å². The van der Waals surface area contributed by atoms with Crippen molar-refractivity contribution in [2.45, 2.75) is 97.1 Å². The number of nitrogens with one attached hydrogen (secondary N) is 1. The van der Waals surface area contributed by atoms with E-state index >= 15 is 0 Å². The summed E-state index contributed by atoms with van der Waals surface area (Å²) < 4.78 is 0. The number of rotatable bonds is 9. The fourth-order valence-corrected chi connectivity index (χ4v) is 3.23. The molecule has 0 radical (unpaired) electrons. The van der Waals surface area contributed by atoms with Crippen LogP contribution in [0.2, 0.25) is 0 Å². The standard InChI is InChI=1S/C18H36N2O.ClH/c1-5-6-7-8-10-13-18(3,4)19-17(21)15-20-14-11-9-12-16(20)2;/h16H,5-15H2,1-4H3,(H,19,21);1H. The van der Waals surface area contributed by atoms with Gasteiger partial charge in [-0.05, 0) is 46.6 Å². The third kappa shape index (κ3) is 8.99. The molecule has 0 bridgehead atoms. The lowest BCUT2D eigenvalue weighted by molar-refractivity contribution is -0.124. The monoisotopic (exact) mass is 332 g/mol. The highest BCUT2D eigenvalue weighted by molar-refractivity contribution is 5.85. The number of likely N-dealkylation sites (tertiary alicyclic amines) is 1. The third-order valence-electron chi connectivity index (χ3n) is 4.67. The molecular weight excluding hydrogens is 296 g/mol. The molecule has 1 aliphatic rings. The van der Waals surface area contributed by atoms with Crippen LogP contribution in [0, 0.1) is 0 Å². The molecule has 132 valence electrons. The molecule has 0 aromatic carbocycles. The Morgan fingerprint density at radius 2 is 1.86 bits per heavy atom. The summed E-state index contributed by atoms with van der Waals surface area (Å²) in [5, 5.41) is 3.23. The summed E-state index contributed by atoms with van der Waals surface area (Å²) in [4.78, 5) is 14.6. The van der Waals surface area contributed by atoms with Crippen LogP contribution in [-0.4, -0.2) is 35.5 Å². The van der Waals surface area contributed by atoms with Gasteiger partial charge >= 0.3 is 0 Å². The zero-order chi connectivity index (χ0) is 15.7. The number of hydrogen-bond donors (Lipinski definition) is 1. The van der Waals surface area contributed by atoms with Crippen molar-refractivity contribution in [3.8, 4) is 0 Å². The van der Waals surface area contributed by atoms with Gasteiger partial charge in [0.05, 0.1) is 6.54 Å². The molecule has 3 nitrogen and oxygen atoms in total. The van der Waals surface area contributed by atoms with Crippen LogP contribution in [0.5, 0.6) is 0 Å². The van der Waals surface area contributed by atoms with Gasteiger partial charge in [0.2, 0.25) is 5.91 Å². The van der Waals surface area contributed by atoms with Crippen LogP contribution in [0.15, 0.2) is 0 Å². The summed E-state index contributed by atoms with van der Waals surface area (Å²) in [7, 11) is 0. The Labute approximate surface area is 144 Å². The molecule has 1 amide bonds. The number of piperidine rings is 1. The van der Waals surface area contributed by atoms with E-state index in [4.69, 9.17) is 0 Å². The minimum atomic E-state index is -0.0671. The first kappa shape index (κ1) is 21.7. The maximum Gasteiger partial charge on any atom is 0.234 e. The number of unbranched alkanes of at least 4 members (excludes halogenated alkanes) is 4. The van der Waals surface area contributed by atoms with E-state index in [-0.39, 0.29) is 23.9 Å². The maximum absolute atomic E-state index is 12.3. The first-order valence-corrected chi connectivity index (χ1v) is 8.99. The van der Waals surface area contributed by atoms with Crippen LogP contribution in [0.1, 0.15) is 85.5 Å². The van der Waals surface area contributed by atoms with E-state index in [1.165, 1.54) is 51.4 Å². The largest absolute Gasteiger partial charge is 0.350 e. The Hall–Kier alpha value is -0.280. The minimum absolute atomic E-state index is 0. The zero-order valence-electron chi connectivity index (χ0n) is 15.1. The summed E-state index contributed by atoms with van der Waals surface area (Å²) in [6.07, 6.45) is 11.3. The van der Waals surface area contributed by atoms with Crippen LogP contribution in [-0.2, 0) is 4.79 Å². The molecule has 0 saturated carbocycles. The molecule has 1 atom stereocenters. The van der Waals surface area contributed by atoms with Crippen molar-refractivity contribution in [1.29, 1.82) is 0 Å². The van der Waals surface area contributed by atoms with Gasteiger partial charge < -0.3 is 5.32 Å². The fraction of sp³-hybridized carbons (Fsp3) is 0.944. The summed E-state index contributed by atoms with van der Waals surface area (Å²) in [6.45, 7) is 10.4. The quantitative estimate of drug-likeness (QED) is 0.629. The van der Waals surface area contributed by atoms with Gasteiger partial charge in [0.25, 0.3) is 0 Å². The maximum atomic E-state index is 12.3. The lowest BCUT2D eigenvalue weighted by Crippen LogP contribution is -2.50. The van der Waals surface area contributed by atoms with Gasteiger partial charge in [-0.15, -0.1) is 12.4 Å². The van der Waals surface area contributed by atoms with Crippen LogP contribution in [0.25, 0.3) is 0 Å². The molecule has 1 aliphatic heterocycles. The van der Waals surface area contributed by atoms with E-state index in [1.54, 1.807) is 0 Å². The predicted octanol–water partition coefficient (Wildman–Crippen LogP) is 4.54. The van der Waals surface area contributed by atoms with Crippen molar-refractivity contribution < 1.29 is 4.79 Å². The molecule has 4 heteroatoms. The van der Waals surface area contributed by atoms with Gasteiger partial charge in [-0.1, -0.05) is 45.4 Å². The molecule has 1 saturated heterocycles. The SMILES string of the molecule is CCCCCCCC(C)(C)NC(=O)CN1CCCCC1C.Cl. The normalized spacial score (nSPS) is 19.5. The van der Waals surface area contributed by atoms with Crippen LogP contribution >= 0.6 is 12.4 Å². The Bertz CT molecular complexity index is 307. The van der Waals surface area contributed by atoms with Crippen molar-refractivity contribution in [2.24, 2.45) is 0 Å². The highest BCUT2D eigenvalue weighted by Crippen LogP contribution is 2.17. The van der Waals surface area contributed by atoms with Crippen molar-refractivity contribution >= 4 is 18.3 Å². The van der Waals surface area contributed by atoms with Gasteiger partial charge in [0.15, 0.2) is 0 Å². The first-order valence-electron chi connectivity index (χ1n) is 8.99. The van der Waals surface area contributed by atoms with Crippen molar-refractivity contribution in [1.82, 2.24) is 10.2 Å². The summed E-state index contributed by atoms with van der Waals surface area (Å²) in [5.41, 5.74) is -0.0671. The van der Waals surface area contributed by atoms with Crippen molar-refractivity contribution in [3.63, 3.8) is 0 Å². The van der Waals surface area contributed by atoms with Gasteiger partial charge in [0, 0.05) is 11.6 Å². The van der Waals surface area contributed by atoms with E-state index in [0.717, 1.165) is 13.0 Å². The van der Waals surface area contributed by atoms with Gasteiger partial charge in [-0.3, -0.25) is 9.69 Å². The molecule has 0 aliphatic carbocycles. The van der Waals surface area contributed by atoms with E-state index in [1.807, 2.05) is 0 Å². The Balaban J connectivity index is 0.00000441. The third-order valence-corrected chi connectivity index (χ3v) is 4.67. The summed E-state index contributed by atoms with van der Waals surface area (Å²) in [5.74, 6) is 0.197. The Kier molecular flexibility index (Phi) is 11.1. The number of nitrogens with zero attached hydrogens (tertiary/aromatic N) is 1. The van der Waals surface area contributed by atoms with Gasteiger partial charge in [0.1, 0.15) is 0 Å². The molecule has 1 unspecified atom stereocenters. The molecule has 1 rings (SSSR count). The highest BCUT2D eigenvalue weighted by Gasteiger charge is 2.24. The summed E-state index contributed by atoms with van der Waals surface area (Å²) >= 11 is 0. The topological polar surface area (TPSA) is 32.3 Å². The minimum Gasteiger partial charge on any atom is -0.350 e. The van der Waals surface area contributed by atoms with Gasteiger partial charge in [-0.25, -0.2) is 0 Å². The smallest absolute Gasteiger partial charge is 0.234 e. The summed E-state index contributed by atoms with van der Waals surface area (Å²) in [6, 6.07) is 0.557. The van der Waals surface area contributed by atoms with Crippen molar-refractivity contribution in [2.75, 3.05) is 13.1 Å². The van der Waals surface area contributed by atoms with Gasteiger partial charge in [-0.2, -0.15) is 0 Å². The Morgan fingerprint density at radius 1 is 1.18 bits per heavy atom. The van der Waals surface area contributed by atoms with E-state index < -0.39 is 0 Å². The van der Waals surface area contributed by atoms with E-state index in [9.17, 15) is 4.79 Å². The molecule has 1 fully saturated rings. The predicted molar refractivity (Wildman–Crippen MR) is 97.7 cm³/mol. The molecule has 0 aromatic heterocycles. The van der Waals surface area contributed by atoms with Crippen LogP contribution in [0.3, 0.4) is 0 Å². The average molecular weight is 333 g/mol. The molecular formula is C18H37ClN2O. The van der Waals surface area contributed by atoms with Crippen LogP contribution < -0.4 is 5.32 Å². The first-order chi connectivity index (χ1) is 9.94. The average Bonchev–Trinajstić information content (AvgIpc) is 2.40. The number of carbonyl (C=O) groups is 1. The number of amides is 1. The molecule has 22 heavy (non-hydrogen) atoms. The Morgan fingerprint density at radius 3 is 2.50 bits per heavy atom. The zero-order valence-corrected chi connectivity index (χ0v) is 15.9. The molecule has 1 heterocycles. The number of halogens is 1. The second-order valence-electron chi connectivity index (χ2n) is 7.41. The molecule has 0 spiro atoms. The molecule has 1 N–H and O–H groups in total. The lowest BCUT2D eigenvalue weighted by Gasteiger charge is -2.34. The highest BCUT2D eigenvalue weighted by atomic mass is 35.5. The molecule has 0 aromatic rings. The van der Waals surface area contributed by atoms with Crippen LogP contribution in [0.4, 0.5) is 0 Å². The second kappa shape index (κ2) is 11.3.